The highest BCUT2D eigenvalue weighted by atomic mass is 35.5. The first kappa shape index (κ1) is 13.4. The number of amides is 1. The van der Waals surface area contributed by atoms with E-state index in [9.17, 15) is 4.79 Å². The van der Waals surface area contributed by atoms with E-state index >= 15 is 0 Å². The van der Waals surface area contributed by atoms with Crippen LogP contribution in [0.5, 0.6) is 0 Å². The second kappa shape index (κ2) is 5.72. The van der Waals surface area contributed by atoms with Crippen LogP contribution < -0.4 is 11.1 Å². The number of hydrogen-bond acceptors (Lipinski definition) is 2. The van der Waals surface area contributed by atoms with E-state index in [2.05, 4.69) is 5.32 Å². The monoisotopic (exact) mass is 266 g/mol. The van der Waals surface area contributed by atoms with Gasteiger partial charge in [0.15, 0.2) is 0 Å². The molecule has 0 radical (unpaired) electrons. The van der Waals surface area contributed by atoms with Gasteiger partial charge in [-0.25, -0.2) is 0 Å². The Labute approximate surface area is 113 Å². The van der Waals surface area contributed by atoms with Gasteiger partial charge in [0.25, 0.3) is 0 Å². The second-order valence-corrected chi connectivity index (χ2v) is 5.42. The van der Waals surface area contributed by atoms with Crippen LogP contribution in [0, 0.1) is 0 Å². The summed E-state index contributed by atoms with van der Waals surface area (Å²) in [6, 6.07) is 7.44. The van der Waals surface area contributed by atoms with Crippen LogP contribution in [0.1, 0.15) is 31.2 Å². The first-order valence-corrected chi connectivity index (χ1v) is 6.77. The number of rotatable bonds is 4. The SMILES string of the molecule is NCC1(NC(=O)Cc2ccccc2Cl)CCCC1. The molecule has 1 aromatic rings. The molecule has 3 N–H and O–H groups in total. The molecule has 18 heavy (non-hydrogen) atoms. The van der Waals surface area contributed by atoms with Gasteiger partial charge >= 0.3 is 0 Å². The second-order valence-electron chi connectivity index (χ2n) is 5.01. The molecular weight excluding hydrogens is 248 g/mol. The maximum Gasteiger partial charge on any atom is 0.224 e. The smallest absolute Gasteiger partial charge is 0.224 e. The highest BCUT2D eigenvalue weighted by Gasteiger charge is 2.33. The Balaban J connectivity index is 1.98. The fraction of sp³-hybridized carbons (Fsp3) is 0.500. The molecular formula is C14H19ClN2O. The summed E-state index contributed by atoms with van der Waals surface area (Å²) in [7, 11) is 0. The Morgan fingerprint density at radius 1 is 1.33 bits per heavy atom. The van der Waals surface area contributed by atoms with E-state index in [1.807, 2.05) is 18.2 Å². The normalized spacial score (nSPS) is 17.7. The van der Waals surface area contributed by atoms with E-state index in [1.165, 1.54) is 0 Å². The fourth-order valence-corrected chi connectivity index (χ4v) is 2.79. The first-order valence-electron chi connectivity index (χ1n) is 6.40. The predicted molar refractivity (Wildman–Crippen MR) is 73.6 cm³/mol. The third-order valence-electron chi connectivity index (χ3n) is 3.66. The van der Waals surface area contributed by atoms with Crippen molar-refractivity contribution in [3.8, 4) is 0 Å². The maximum atomic E-state index is 12.1. The van der Waals surface area contributed by atoms with Gasteiger partial charge < -0.3 is 11.1 Å². The van der Waals surface area contributed by atoms with Crippen LogP contribution in [0.4, 0.5) is 0 Å². The first-order chi connectivity index (χ1) is 8.65. The van der Waals surface area contributed by atoms with Crippen LogP contribution in [-0.2, 0) is 11.2 Å². The van der Waals surface area contributed by atoms with Crippen LogP contribution in [0.15, 0.2) is 24.3 Å². The highest BCUT2D eigenvalue weighted by Crippen LogP contribution is 2.28. The third kappa shape index (κ3) is 3.03. The molecule has 0 saturated heterocycles. The number of nitrogens with one attached hydrogen (secondary N) is 1. The van der Waals surface area contributed by atoms with Crippen molar-refractivity contribution in [2.75, 3.05) is 6.54 Å². The summed E-state index contributed by atoms with van der Waals surface area (Å²) in [5.74, 6) is 0.00968. The average molecular weight is 267 g/mol. The molecule has 0 unspecified atom stereocenters. The highest BCUT2D eigenvalue weighted by molar-refractivity contribution is 6.31. The van der Waals surface area contributed by atoms with E-state index in [0.717, 1.165) is 31.2 Å². The molecule has 1 fully saturated rings. The Kier molecular flexibility index (Phi) is 4.25. The van der Waals surface area contributed by atoms with Crippen molar-refractivity contribution in [1.82, 2.24) is 5.32 Å². The number of carbonyl (C=O) groups excluding carboxylic acids is 1. The Hall–Kier alpha value is -1.06. The van der Waals surface area contributed by atoms with Crippen LogP contribution in [0.25, 0.3) is 0 Å². The largest absolute Gasteiger partial charge is 0.349 e. The van der Waals surface area contributed by atoms with Crippen molar-refractivity contribution >= 4 is 17.5 Å². The molecule has 1 aromatic carbocycles. The molecule has 1 aliphatic rings. The van der Waals surface area contributed by atoms with E-state index in [1.54, 1.807) is 6.07 Å². The van der Waals surface area contributed by atoms with Crippen LogP contribution in [0.3, 0.4) is 0 Å². The van der Waals surface area contributed by atoms with Crippen molar-refractivity contribution in [1.29, 1.82) is 0 Å². The Bertz CT molecular complexity index is 428. The topological polar surface area (TPSA) is 55.1 Å². The number of hydrogen-bond donors (Lipinski definition) is 2. The lowest BCUT2D eigenvalue weighted by molar-refractivity contribution is -0.122. The molecule has 0 atom stereocenters. The lowest BCUT2D eigenvalue weighted by Crippen LogP contribution is -2.52. The van der Waals surface area contributed by atoms with Gasteiger partial charge in [0.05, 0.1) is 12.0 Å². The number of carbonyl (C=O) groups is 1. The third-order valence-corrected chi connectivity index (χ3v) is 4.03. The van der Waals surface area contributed by atoms with Gasteiger partial charge in [0.2, 0.25) is 5.91 Å². The summed E-state index contributed by atoms with van der Waals surface area (Å²) in [6.45, 7) is 0.515. The van der Waals surface area contributed by atoms with Gasteiger partial charge in [0, 0.05) is 11.6 Å². The minimum Gasteiger partial charge on any atom is -0.349 e. The van der Waals surface area contributed by atoms with E-state index < -0.39 is 0 Å². The molecule has 3 nitrogen and oxygen atoms in total. The van der Waals surface area contributed by atoms with Crippen molar-refractivity contribution < 1.29 is 4.79 Å². The van der Waals surface area contributed by atoms with Crippen molar-refractivity contribution in [3.05, 3.63) is 34.9 Å². The molecule has 0 aliphatic heterocycles. The predicted octanol–water partition coefficient (Wildman–Crippen LogP) is 2.27. The lowest BCUT2D eigenvalue weighted by Gasteiger charge is -2.28. The number of benzene rings is 1. The zero-order valence-corrected chi connectivity index (χ0v) is 11.2. The molecule has 1 amide bonds. The van der Waals surface area contributed by atoms with Crippen LogP contribution in [0.2, 0.25) is 5.02 Å². The summed E-state index contributed by atoms with van der Waals surface area (Å²) in [5.41, 5.74) is 6.48. The molecule has 0 heterocycles. The average Bonchev–Trinajstić information content (AvgIpc) is 2.81. The molecule has 1 aliphatic carbocycles. The standard InChI is InChI=1S/C14H19ClN2O/c15-12-6-2-1-5-11(12)9-13(18)17-14(10-16)7-3-4-8-14/h1-2,5-6H,3-4,7-10,16H2,(H,17,18). The van der Waals surface area contributed by atoms with E-state index in [0.29, 0.717) is 18.0 Å². The van der Waals surface area contributed by atoms with E-state index in [-0.39, 0.29) is 11.4 Å². The lowest BCUT2D eigenvalue weighted by atomic mass is 9.97. The summed E-state index contributed by atoms with van der Waals surface area (Å²) in [5, 5.41) is 3.73. The van der Waals surface area contributed by atoms with E-state index in [4.69, 9.17) is 17.3 Å². The summed E-state index contributed by atoms with van der Waals surface area (Å²) in [6.07, 6.45) is 4.57. The van der Waals surface area contributed by atoms with Gasteiger partial charge in [-0.05, 0) is 24.5 Å². The van der Waals surface area contributed by atoms with Crippen molar-refractivity contribution in [3.63, 3.8) is 0 Å². The van der Waals surface area contributed by atoms with Crippen molar-refractivity contribution in [2.24, 2.45) is 5.73 Å². The molecule has 0 spiro atoms. The Morgan fingerprint density at radius 2 is 2.00 bits per heavy atom. The number of nitrogens with two attached hydrogens (primary N) is 1. The van der Waals surface area contributed by atoms with Crippen molar-refractivity contribution in [2.45, 2.75) is 37.6 Å². The number of halogens is 1. The molecule has 1 saturated carbocycles. The molecule has 4 heteroatoms. The van der Waals surface area contributed by atoms with Crippen LogP contribution in [-0.4, -0.2) is 18.0 Å². The fourth-order valence-electron chi connectivity index (χ4n) is 2.59. The molecule has 0 bridgehead atoms. The molecule has 0 aromatic heterocycles. The zero-order chi connectivity index (χ0) is 13.0. The van der Waals surface area contributed by atoms with Gasteiger partial charge in [-0.15, -0.1) is 0 Å². The Morgan fingerprint density at radius 3 is 2.61 bits per heavy atom. The summed E-state index contributed by atoms with van der Waals surface area (Å²) in [4.78, 5) is 12.1. The van der Waals surface area contributed by atoms with Gasteiger partial charge in [-0.1, -0.05) is 42.6 Å². The maximum absolute atomic E-state index is 12.1. The quantitative estimate of drug-likeness (QED) is 0.878. The van der Waals surface area contributed by atoms with Crippen LogP contribution >= 0.6 is 11.6 Å². The summed E-state index contributed by atoms with van der Waals surface area (Å²) >= 11 is 6.05. The minimum atomic E-state index is -0.182. The molecule has 2 rings (SSSR count). The minimum absolute atomic E-state index is 0.00968. The van der Waals surface area contributed by atoms with Gasteiger partial charge in [0.1, 0.15) is 0 Å². The van der Waals surface area contributed by atoms with Gasteiger partial charge in [-0.3, -0.25) is 4.79 Å². The van der Waals surface area contributed by atoms with Gasteiger partial charge in [-0.2, -0.15) is 0 Å². The summed E-state index contributed by atoms with van der Waals surface area (Å²) < 4.78 is 0. The molecule has 98 valence electrons. The zero-order valence-electron chi connectivity index (χ0n) is 10.4.